The van der Waals surface area contributed by atoms with Gasteiger partial charge in [-0.1, -0.05) is 40.9 Å². The van der Waals surface area contributed by atoms with Crippen molar-refractivity contribution in [2.75, 3.05) is 5.32 Å². The highest BCUT2D eigenvalue weighted by Crippen LogP contribution is 2.26. The fraction of sp³-hybridized carbons (Fsp3) is 0.0667. The summed E-state index contributed by atoms with van der Waals surface area (Å²) < 4.78 is 0. The van der Waals surface area contributed by atoms with Gasteiger partial charge in [0.05, 0.1) is 21.2 Å². The molecule has 2 N–H and O–H groups in total. The lowest BCUT2D eigenvalue weighted by Crippen LogP contribution is -2.16. The zero-order valence-corrected chi connectivity index (χ0v) is 12.5. The standard InChI is InChI=1S/C15H11Cl2NO3/c1-8-2-4-9(5-3-8)18-14(19)10-6-12(16)13(17)7-11(10)15(20)21/h2-7H,1H3,(H,18,19)(H,20,21). The van der Waals surface area contributed by atoms with Crippen LogP contribution in [0.4, 0.5) is 5.69 Å². The monoisotopic (exact) mass is 323 g/mol. The minimum Gasteiger partial charge on any atom is -0.478 e. The summed E-state index contributed by atoms with van der Waals surface area (Å²) in [6, 6.07) is 9.54. The molecule has 21 heavy (non-hydrogen) atoms. The summed E-state index contributed by atoms with van der Waals surface area (Å²) in [4.78, 5) is 23.4. The number of halogens is 2. The summed E-state index contributed by atoms with van der Waals surface area (Å²) >= 11 is 11.6. The van der Waals surface area contributed by atoms with E-state index in [9.17, 15) is 9.59 Å². The van der Waals surface area contributed by atoms with Crippen LogP contribution in [0.3, 0.4) is 0 Å². The van der Waals surface area contributed by atoms with E-state index in [1.165, 1.54) is 6.07 Å². The molecule has 0 bridgehead atoms. The Labute approximate surface area is 131 Å². The van der Waals surface area contributed by atoms with Gasteiger partial charge in [-0.3, -0.25) is 4.79 Å². The number of carboxylic acids is 1. The molecule has 0 aliphatic heterocycles. The van der Waals surface area contributed by atoms with Gasteiger partial charge in [-0.05, 0) is 31.2 Å². The van der Waals surface area contributed by atoms with Crippen LogP contribution in [-0.2, 0) is 0 Å². The van der Waals surface area contributed by atoms with Gasteiger partial charge in [0.1, 0.15) is 0 Å². The van der Waals surface area contributed by atoms with E-state index in [-0.39, 0.29) is 21.2 Å². The second kappa shape index (κ2) is 6.16. The van der Waals surface area contributed by atoms with Crippen molar-refractivity contribution in [3.63, 3.8) is 0 Å². The smallest absolute Gasteiger partial charge is 0.336 e. The van der Waals surface area contributed by atoms with E-state index >= 15 is 0 Å². The Hall–Kier alpha value is -2.04. The highest BCUT2D eigenvalue weighted by Gasteiger charge is 2.19. The van der Waals surface area contributed by atoms with Crippen LogP contribution in [0.25, 0.3) is 0 Å². The predicted octanol–water partition coefficient (Wildman–Crippen LogP) is 4.25. The fourth-order valence-corrected chi connectivity index (χ4v) is 2.07. The number of benzene rings is 2. The van der Waals surface area contributed by atoms with Crippen LogP contribution in [-0.4, -0.2) is 17.0 Å². The molecule has 2 aromatic carbocycles. The van der Waals surface area contributed by atoms with Crippen LogP contribution in [0.5, 0.6) is 0 Å². The Morgan fingerprint density at radius 2 is 1.52 bits per heavy atom. The zero-order valence-electron chi connectivity index (χ0n) is 11.0. The Morgan fingerprint density at radius 1 is 1.00 bits per heavy atom. The Bertz CT molecular complexity index is 712. The van der Waals surface area contributed by atoms with E-state index < -0.39 is 11.9 Å². The number of nitrogens with one attached hydrogen (secondary N) is 1. The van der Waals surface area contributed by atoms with Gasteiger partial charge < -0.3 is 10.4 Å². The molecule has 0 spiro atoms. The number of anilines is 1. The molecule has 0 atom stereocenters. The van der Waals surface area contributed by atoms with Crippen molar-refractivity contribution in [2.45, 2.75) is 6.92 Å². The van der Waals surface area contributed by atoms with Crippen LogP contribution in [0.2, 0.25) is 10.0 Å². The SMILES string of the molecule is Cc1ccc(NC(=O)c2cc(Cl)c(Cl)cc2C(=O)O)cc1. The van der Waals surface area contributed by atoms with Crippen LogP contribution in [0.15, 0.2) is 36.4 Å². The minimum absolute atomic E-state index is 0.0440. The third-order valence-corrected chi connectivity index (χ3v) is 3.57. The molecule has 0 heterocycles. The maximum Gasteiger partial charge on any atom is 0.336 e. The first kappa shape index (κ1) is 15.4. The highest BCUT2D eigenvalue weighted by atomic mass is 35.5. The van der Waals surface area contributed by atoms with Gasteiger partial charge in [0.25, 0.3) is 5.91 Å². The van der Waals surface area contributed by atoms with Crippen LogP contribution in [0.1, 0.15) is 26.3 Å². The third kappa shape index (κ3) is 3.54. The summed E-state index contributed by atoms with van der Waals surface area (Å²) in [6.45, 7) is 1.92. The lowest BCUT2D eigenvalue weighted by Gasteiger charge is -2.09. The molecule has 2 rings (SSSR count). The molecule has 6 heteroatoms. The quantitative estimate of drug-likeness (QED) is 0.887. The molecule has 4 nitrogen and oxygen atoms in total. The average Bonchev–Trinajstić information content (AvgIpc) is 2.43. The van der Waals surface area contributed by atoms with Crippen molar-refractivity contribution >= 4 is 40.8 Å². The predicted molar refractivity (Wildman–Crippen MR) is 82.6 cm³/mol. The van der Waals surface area contributed by atoms with Crippen molar-refractivity contribution in [3.8, 4) is 0 Å². The molecule has 0 aliphatic rings. The van der Waals surface area contributed by atoms with E-state index in [1.807, 2.05) is 19.1 Å². The van der Waals surface area contributed by atoms with Gasteiger partial charge in [-0.2, -0.15) is 0 Å². The van der Waals surface area contributed by atoms with Gasteiger partial charge in [-0.15, -0.1) is 0 Å². The summed E-state index contributed by atoms with van der Waals surface area (Å²) in [6.07, 6.45) is 0. The van der Waals surface area contributed by atoms with Crippen LogP contribution >= 0.6 is 23.2 Å². The van der Waals surface area contributed by atoms with Gasteiger partial charge >= 0.3 is 5.97 Å². The van der Waals surface area contributed by atoms with Crippen molar-refractivity contribution in [2.24, 2.45) is 0 Å². The average molecular weight is 324 g/mol. The zero-order chi connectivity index (χ0) is 15.6. The number of aryl methyl sites for hydroxylation is 1. The number of aromatic carboxylic acids is 1. The largest absolute Gasteiger partial charge is 0.478 e. The third-order valence-electron chi connectivity index (χ3n) is 2.84. The molecule has 2 aromatic rings. The van der Waals surface area contributed by atoms with Crippen molar-refractivity contribution in [1.29, 1.82) is 0 Å². The Balaban J connectivity index is 2.36. The molecule has 0 fully saturated rings. The number of carbonyl (C=O) groups is 2. The molecule has 0 aromatic heterocycles. The first-order valence-electron chi connectivity index (χ1n) is 5.99. The van der Waals surface area contributed by atoms with Crippen molar-refractivity contribution < 1.29 is 14.7 Å². The lowest BCUT2D eigenvalue weighted by molar-refractivity contribution is 0.0692. The fourth-order valence-electron chi connectivity index (χ4n) is 1.75. The second-order valence-corrected chi connectivity index (χ2v) is 5.25. The molecule has 108 valence electrons. The summed E-state index contributed by atoms with van der Waals surface area (Å²) in [5.41, 5.74) is 1.37. The number of hydrogen-bond donors (Lipinski definition) is 2. The number of rotatable bonds is 3. The molecular formula is C15H11Cl2NO3. The van der Waals surface area contributed by atoms with Crippen LogP contribution in [0, 0.1) is 6.92 Å². The topological polar surface area (TPSA) is 66.4 Å². The second-order valence-electron chi connectivity index (χ2n) is 4.44. The van der Waals surface area contributed by atoms with Gasteiger partial charge in [0.15, 0.2) is 0 Å². The van der Waals surface area contributed by atoms with E-state index in [2.05, 4.69) is 5.32 Å². The van der Waals surface area contributed by atoms with E-state index in [1.54, 1.807) is 12.1 Å². The summed E-state index contributed by atoms with van der Waals surface area (Å²) in [5, 5.41) is 12.0. The van der Waals surface area contributed by atoms with E-state index in [0.717, 1.165) is 11.6 Å². The van der Waals surface area contributed by atoms with E-state index in [4.69, 9.17) is 28.3 Å². The minimum atomic E-state index is -1.25. The Kier molecular flexibility index (Phi) is 4.50. The number of carboxylic acid groups (broad SMARTS) is 1. The highest BCUT2D eigenvalue weighted by molar-refractivity contribution is 6.42. The Morgan fingerprint density at radius 3 is 2.05 bits per heavy atom. The van der Waals surface area contributed by atoms with Gasteiger partial charge in [0, 0.05) is 5.69 Å². The molecular weight excluding hydrogens is 313 g/mol. The summed E-state index contributed by atoms with van der Waals surface area (Å²) in [7, 11) is 0. The number of hydrogen-bond acceptors (Lipinski definition) is 2. The van der Waals surface area contributed by atoms with Crippen LogP contribution < -0.4 is 5.32 Å². The molecule has 0 unspecified atom stereocenters. The normalized spacial score (nSPS) is 10.2. The van der Waals surface area contributed by atoms with Crippen molar-refractivity contribution in [3.05, 3.63) is 63.1 Å². The molecule has 0 saturated carbocycles. The number of amides is 1. The van der Waals surface area contributed by atoms with Gasteiger partial charge in [0.2, 0.25) is 0 Å². The maximum absolute atomic E-state index is 12.2. The molecule has 1 amide bonds. The van der Waals surface area contributed by atoms with E-state index in [0.29, 0.717) is 5.69 Å². The van der Waals surface area contributed by atoms with Gasteiger partial charge in [-0.25, -0.2) is 4.79 Å². The first-order valence-corrected chi connectivity index (χ1v) is 6.74. The summed E-state index contributed by atoms with van der Waals surface area (Å²) in [5.74, 6) is -1.81. The maximum atomic E-state index is 12.2. The molecule has 0 saturated heterocycles. The molecule has 0 radical (unpaired) electrons. The number of carbonyl (C=O) groups excluding carboxylic acids is 1. The first-order chi connectivity index (χ1) is 9.88. The van der Waals surface area contributed by atoms with Crippen molar-refractivity contribution in [1.82, 2.24) is 0 Å². The molecule has 0 aliphatic carbocycles. The lowest BCUT2D eigenvalue weighted by atomic mass is 10.1.